The quantitative estimate of drug-likeness (QED) is 0.695. The fraction of sp³-hybridized carbons (Fsp3) is 0.250. The Morgan fingerprint density at radius 3 is 2.54 bits per heavy atom. The minimum Gasteiger partial charge on any atom is -0.334 e. The molecule has 0 bridgehead atoms. The molecule has 28 heavy (non-hydrogen) atoms. The number of imide groups is 1. The van der Waals surface area contributed by atoms with Crippen molar-refractivity contribution in [1.29, 1.82) is 0 Å². The van der Waals surface area contributed by atoms with Gasteiger partial charge in [0.05, 0.1) is 23.2 Å². The number of fused-ring (bicyclic) bond motifs is 1. The van der Waals surface area contributed by atoms with Crippen molar-refractivity contribution in [1.82, 2.24) is 20.0 Å². The predicted octanol–water partition coefficient (Wildman–Crippen LogP) is 2.27. The highest BCUT2D eigenvalue weighted by Gasteiger charge is 2.39. The lowest BCUT2D eigenvalue weighted by Gasteiger charge is -2.34. The first-order valence-corrected chi connectivity index (χ1v) is 9.08. The van der Waals surface area contributed by atoms with Crippen LogP contribution in [-0.2, 0) is 12.1 Å². The molecule has 0 spiro atoms. The van der Waals surface area contributed by atoms with Crippen LogP contribution in [0, 0.1) is 0 Å². The Labute approximate surface area is 160 Å². The normalized spacial score (nSPS) is 17.5. The van der Waals surface area contributed by atoms with Crippen LogP contribution in [0.5, 0.6) is 0 Å². The summed E-state index contributed by atoms with van der Waals surface area (Å²) < 4.78 is 5.36. The van der Waals surface area contributed by atoms with Crippen molar-refractivity contribution < 1.29 is 14.1 Å². The van der Waals surface area contributed by atoms with Crippen LogP contribution in [0.3, 0.4) is 0 Å². The number of carbonyl (C=O) groups excluding carboxylic acids is 2. The molecule has 140 valence electrons. The molecule has 8 nitrogen and oxygen atoms in total. The van der Waals surface area contributed by atoms with Crippen LogP contribution in [0.15, 0.2) is 47.2 Å². The number of amides is 2. The van der Waals surface area contributed by atoms with E-state index in [4.69, 9.17) is 10.3 Å². The Hall–Kier alpha value is -3.39. The number of benzene rings is 1. The van der Waals surface area contributed by atoms with Crippen molar-refractivity contribution >= 4 is 11.8 Å². The van der Waals surface area contributed by atoms with Gasteiger partial charge in [0.2, 0.25) is 0 Å². The van der Waals surface area contributed by atoms with Crippen molar-refractivity contribution in [2.45, 2.75) is 31.3 Å². The molecule has 0 radical (unpaired) electrons. The molecule has 1 aliphatic heterocycles. The summed E-state index contributed by atoms with van der Waals surface area (Å²) in [6, 6.07) is 8.52. The molecule has 2 aromatic heterocycles. The van der Waals surface area contributed by atoms with Gasteiger partial charge < -0.3 is 10.3 Å². The first kappa shape index (κ1) is 16.8. The number of nitrogens with zero attached hydrogens (tertiary/aromatic N) is 4. The molecule has 1 aliphatic carbocycles. The van der Waals surface area contributed by atoms with E-state index >= 15 is 0 Å². The molecule has 2 N–H and O–H groups in total. The molecular formula is C20H17N5O3. The Morgan fingerprint density at radius 1 is 1.07 bits per heavy atom. The Morgan fingerprint density at radius 2 is 1.82 bits per heavy atom. The molecule has 5 rings (SSSR count). The Bertz CT molecular complexity index is 1090. The van der Waals surface area contributed by atoms with E-state index in [0.29, 0.717) is 28.4 Å². The van der Waals surface area contributed by atoms with E-state index in [9.17, 15) is 9.59 Å². The molecule has 0 atom stereocenters. The third-order valence-corrected chi connectivity index (χ3v) is 5.42. The molecule has 3 aromatic rings. The summed E-state index contributed by atoms with van der Waals surface area (Å²) in [4.78, 5) is 35.1. The van der Waals surface area contributed by atoms with E-state index in [1.165, 1.54) is 4.90 Å². The van der Waals surface area contributed by atoms with Gasteiger partial charge in [0.25, 0.3) is 17.7 Å². The van der Waals surface area contributed by atoms with Gasteiger partial charge >= 0.3 is 0 Å². The van der Waals surface area contributed by atoms with E-state index in [-0.39, 0.29) is 18.4 Å². The molecule has 3 heterocycles. The van der Waals surface area contributed by atoms with Crippen molar-refractivity contribution in [3.8, 4) is 11.5 Å². The molecule has 2 amide bonds. The first-order chi connectivity index (χ1) is 13.5. The van der Waals surface area contributed by atoms with E-state index in [0.717, 1.165) is 24.8 Å². The number of nitrogens with two attached hydrogens (primary N) is 1. The number of hydrogen-bond donors (Lipinski definition) is 1. The maximum Gasteiger partial charge on any atom is 0.261 e. The summed E-state index contributed by atoms with van der Waals surface area (Å²) in [5, 5.41) is 4.01. The lowest BCUT2D eigenvalue weighted by Crippen LogP contribution is -2.44. The van der Waals surface area contributed by atoms with Crippen LogP contribution in [0.1, 0.15) is 51.4 Å². The van der Waals surface area contributed by atoms with Gasteiger partial charge in [0, 0.05) is 18.0 Å². The average molecular weight is 375 g/mol. The van der Waals surface area contributed by atoms with E-state index in [1.807, 2.05) is 0 Å². The predicted molar refractivity (Wildman–Crippen MR) is 97.9 cm³/mol. The van der Waals surface area contributed by atoms with E-state index in [1.54, 1.807) is 42.7 Å². The van der Waals surface area contributed by atoms with Gasteiger partial charge in [-0.05, 0) is 55.2 Å². The number of aromatic nitrogens is 3. The third kappa shape index (κ3) is 2.53. The molecule has 1 aromatic carbocycles. The van der Waals surface area contributed by atoms with Gasteiger partial charge in [-0.25, -0.2) is 0 Å². The molecule has 1 fully saturated rings. The number of hydrogen-bond acceptors (Lipinski definition) is 7. The van der Waals surface area contributed by atoms with Crippen LogP contribution < -0.4 is 5.73 Å². The fourth-order valence-corrected chi connectivity index (χ4v) is 3.56. The number of rotatable bonds is 4. The van der Waals surface area contributed by atoms with Crippen molar-refractivity contribution in [2.24, 2.45) is 5.73 Å². The zero-order chi connectivity index (χ0) is 19.3. The van der Waals surface area contributed by atoms with Crippen LogP contribution >= 0.6 is 0 Å². The standard InChI is InChI=1S/C20H17N5O3/c21-20(6-1-7-20)19-23-16(28-24-19)13-2-3-14-15(10-13)18(27)25(17(14)26)11-12-4-8-22-9-5-12/h2-5,8-10H,1,6-7,11,21H2. The lowest BCUT2D eigenvalue weighted by molar-refractivity contribution is 0.0642. The first-order valence-electron chi connectivity index (χ1n) is 9.08. The summed E-state index contributed by atoms with van der Waals surface area (Å²) in [6.07, 6.45) is 5.96. The molecule has 0 unspecified atom stereocenters. The zero-order valence-corrected chi connectivity index (χ0v) is 15.0. The zero-order valence-electron chi connectivity index (χ0n) is 15.0. The van der Waals surface area contributed by atoms with E-state index in [2.05, 4.69) is 15.1 Å². The van der Waals surface area contributed by atoms with Crippen LogP contribution in [0.4, 0.5) is 0 Å². The van der Waals surface area contributed by atoms with Gasteiger partial charge in [0.1, 0.15) is 0 Å². The summed E-state index contributed by atoms with van der Waals surface area (Å²) in [6.45, 7) is 0.199. The minimum absolute atomic E-state index is 0.199. The Balaban J connectivity index is 1.44. The Kier molecular flexibility index (Phi) is 3.63. The molecule has 8 heteroatoms. The second kappa shape index (κ2) is 6.07. The SMILES string of the molecule is NC1(c2noc(-c3ccc4c(c3)C(=O)N(Cc3ccncc3)C4=O)n2)CCC1. The van der Waals surface area contributed by atoms with Crippen LogP contribution in [0.25, 0.3) is 11.5 Å². The molecule has 0 saturated heterocycles. The lowest BCUT2D eigenvalue weighted by atomic mass is 9.77. The summed E-state index contributed by atoms with van der Waals surface area (Å²) in [5.74, 6) is 0.121. The average Bonchev–Trinajstić information content (AvgIpc) is 3.27. The molecule has 2 aliphatic rings. The maximum absolute atomic E-state index is 12.8. The monoisotopic (exact) mass is 375 g/mol. The van der Waals surface area contributed by atoms with Gasteiger partial charge in [-0.2, -0.15) is 4.98 Å². The van der Waals surface area contributed by atoms with Crippen molar-refractivity contribution in [3.63, 3.8) is 0 Å². The highest BCUT2D eigenvalue weighted by molar-refractivity contribution is 6.21. The second-order valence-corrected chi connectivity index (χ2v) is 7.25. The minimum atomic E-state index is -0.522. The van der Waals surface area contributed by atoms with Gasteiger partial charge in [-0.1, -0.05) is 5.16 Å². The van der Waals surface area contributed by atoms with Gasteiger partial charge in [0.15, 0.2) is 5.82 Å². The fourth-order valence-electron chi connectivity index (χ4n) is 3.56. The smallest absolute Gasteiger partial charge is 0.261 e. The number of pyridine rings is 1. The number of carbonyl (C=O) groups is 2. The van der Waals surface area contributed by atoms with E-state index < -0.39 is 5.54 Å². The van der Waals surface area contributed by atoms with Crippen LogP contribution in [-0.4, -0.2) is 31.8 Å². The van der Waals surface area contributed by atoms with Gasteiger partial charge in [-0.15, -0.1) is 0 Å². The molecule has 1 saturated carbocycles. The third-order valence-electron chi connectivity index (χ3n) is 5.42. The van der Waals surface area contributed by atoms with Gasteiger partial charge in [-0.3, -0.25) is 19.5 Å². The highest BCUT2D eigenvalue weighted by Crippen LogP contribution is 2.38. The highest BCUT2D eigenvalue weighted by atomic mass is 16.5. The second-order valence-electron chi connectivity index (χ2n) is 7.25. The largest absolute Gasteiger partial charge is 0.334 e. The van der Waals surface area contributed by atoms with Crippen molar-refractivity contribution in [2.75, 3.05) is 0 Å². The summed E-state index contributed by atoms with van der Waals surface area (Å²) in [5.41, 5.74) is 7.85. The van der Waals surface area contributed by atoms with Crippen LogP contribution in [0.2, 0.25) is 0 Å². The topological polar surface area (TPSA) is 115 Å². The van der Waals surface area contributed by atoms with Crippen molar-refractivity contribution in [3.05, 3.63) is 65.2 Å². The molecular weight excluding hydrogens is 358 g/mol. The summed E-state index contributed by atoms with van der Waals surface area (Å²) >= 11 is 0. The summed E-state index contributed by atoms with van der Waals surface area (Å²) in [7, 11) is 0. The maximum atomic E-state index is 12.8.